The fourth-order valence-corrected chi connectivity index (χ4v) is 4.91. The number of amides is 1. The van der Waals surface area contributed by atoms with Gasteiger partial charge in [-0.05, 0) is 49.9 Å². The zero-order chi connectivity index (χ0) is 24.0. The lowest BCUT2D eigenvalue weighted by Crippen LogP contribution is -2.34. The molecule has 1 aromatic heterocycles. The number of hydrogen-bond donors (Lipinski definition) is 1. The molecule has 1 heterocycles. The van der Waals surface area contributed by atoms with Crippen LogP contribution >= 0.6 is 11.3 Å². The molecule has 33 heavy (non-hydrogen) atoms. The summed E-state index contributed by atoms with van der Waals surface area (Å²) in [7, 11) is -1.10. The van der Waals surface area contributed by atoms with Crippen molar-refractivity contribution in [2.24, 2.45) is 0 Å². The molecule has 3 aromatic rings. The van der Waals surface area contributed by atoms with Gasteiger partial charge in [0, 0.05) is 12.6 Å². The van der Waals surface area contributed by atoms with Crippen molar-refractivity contribution < 1.29 is 27.5 Å². The van der Waals surface area contributed by atoms with E-state index in [4.69, 9.17) is 9.47 Å². The molecule has 0 spiro atoms. The molecule has 0 atom stereocenters. The van der Waals surface area contributed by atoms with E-state index in [1.165, 1.54) is 48.6 Å². The van der Waals surface area contributed by atoms with E-state index in [9.17, 15) is 18.0 Å². The van der Waals surface area contributed by atoms with Crippen LogP contribution in [0.15, 0.2) is 53.4 Å². The van der Waals surface area contributed by atoms with Gasteiger partial charge in [0.25, 0.3) is 5.91 Å². The number of likely N-dealkylation sites (N-methyl/N-ethyl adjacent to an activating group) is 1. The van der Waals surface area contributed by atoms with Gasteiger partial charge >= 0.3 is 5.97 Å². The van der Waals surface area contributed by atoms with Crippen molar-refractivity contribution in [1.29, 1.82) is 0 Å². The van der Waals surface area contributed by atoms with E-state index in [-0.39, 0.29) is 10.6 Å². The van der Waals surface area contributed by atoms with Crippen molar-refractivity contribution in [3.05, 3.63) is 54.1 Å². The Morgan fingerprint density at radius 2 is 1.97 bits per heavy atom. The van der Waals surface area contributed by atoms with E-state index < -0.39 is 28.5 Å². The number of carbonyl (C=O) groups is 2. The predicted molar refractivity (Wildman–Crippen MR) is 127 cm³/mol. The quantitative estimate of drug-likeness (QED) is 0.363. The van der Waals surface area contributed by atoms with E-state index in [1.54, 1.807) is 6.07 Å². The summed E-state index contributed by atoms with van der Waals surface area (Å²) in [6.45, 7) is 1.74. The molecule has 2 aromatic carbocycles. The molecule has 0 aliphatic heterocycles. The minimum Gasteiger partial charge on any atom is -0.495 e. The first-order valence-corrected chi connectivity index (χ1v) is 12.2. The number of benzene rings is 2. The summed E-state index contributed by atoms with van der Waals surface area (Å²) < 4.78 is 37.7. The van der Waals surface area contributed by atoms with Gasteiger partial charge < -0.3 is 9.47 Å². The van der Waals surface area contributed by atoms with Crippen molar-refractivity contribution in [1.82, 2.24) is 9.71 Å². The van der Waals surface area contributed by atoms with E-state index in [1.807, 2.05) is 31.2 Å². The molecule has 11 heteroatoms. The first kappa shape index (κ1) is 24.4. The van der Waals surface area contributed by atoms with Gasteiger partial charge in [-0.15, -0.1) is 0 Å². The summed E-state index contributed by atoms with van der Waals surface area (Å²) >= 11 is 1.38. The van der Waals surface area contributed by atoms with Crippen LogP contribution in [-0.4, -0.2) is 52.6 Å². The Balaban J connectivity index is 1.65. The fraction of sp³-hybridized carbons (Fsp3) is 0.227. The number of sulfonamides is 1. The van der Waals surface area contributed by atoms with Crippen LogP contribution in [0.25, 0.3) is 16.3 Å². The number of thiazole rings is 1. The number of methoxy groups -OCH3 is 1. The summed E-state index contributed by atoms with van der Waals surface area (Å²) in [6.07, 6.45) is 2.52. The predicted octanol–water partition coefficient (Wildman–Crippen LogP) is 2.82. The van der Waals surface area contributed by atoms with Crippen LogP contribution in [0.2, 0.25) is 0 Å². The number of anilines is 1. The topological polar surface area (TPSA) is 115 Å². The zero-order valence-electron chi connectivity index (χ0n) is 18.3. The maximum atomic E-state index is 12.6. The molecule has 1 N–H and O–H groups in total. The largest absolute Gasteiger partial charge is 0.495 e. The molecular weight excluding hydrogens is 466 g/mol. The van der Waals surface area contributed by atoms with Crippen LogP contribution in [0.4, 0.5) is 5.13 Å². The highest BCUT2D eigenvalue weighted by atomic mass is 32.2. The molecule has 0 bridgehead atoms. The Bertz CT molecular complexity index is 1270. The van der Waals surface area contributed by atoms with Crippen molar-refractivity contribution in [2.45, 2.75) is 11.8 Å². The highest BCUT2D eigenvalue weighted by Gasteiger charge is 2.20. The monoisotopic (exact) mass is 489 g/mol. The van der Waals surface area contributed by atoms with Crippen LogP contribution < -0.4 is 14.4 Å². The summed E-state index contributed by atoms with van der Waals surface area (Å²) in [6, 6.07) is 12.0. The lowest BCUT2D eigenvalue weighted by molar-refractivity contribution is -0.142. The van der Waals surface area contributed by atoms with E-state index in [2.05, 4.69) is 9.71 Å². The van der Waals surface area contributed by atoms with Crippen molar-refractivity contribution in [3.63, 3.8) is 0 Å². The van der Waals surface area contributed by atoms with Gasteiger partial charge in [-0.1, -0.05) is 29.5 Å². The molecule has 1 amide bonds. The lowest BCUT2D eigenvalue weighted by atomic mass is 10.2. The number of nitrogens with one attached hydrogen (secondary N) is 1. The highest BCUT2D eigenvalue weighted by Crippen LogP contribution is 2.28. The minimum absolute atomic E-state index is 0.0624. The number of rotatable bonds is 9. The van der Waals surface area contributed by atoms with Gasteiger partial charge in [0.15, 0.2) is 11.7 Å². The second-order valence-corrected chi connectivity index (χ2v) is 9.53. The van der Waals surface area contributed by atoms with Gasteiger partial charge in [-0.25, -0.2) is 22.9 Å². The number of esters is 1. The van der Waals surface area contributed by atoms with E-state index >= 15 is 0 Å². The Labute approximate surface area is 195 Å². The molecule has 9 nitrogen and oxygen atoms in total. The van der Waals surface area contributed by atoms with Crippen LogP contribution in [0.5, 0.6) is 5.75 Å². The van der Waals surface area contributed by atoms with Crippen LogP contribution in [0.1, 0.15) is 12.5 Å². The third kappa shape index (κ3) is 5.75. The number of ether oxygens (including phenoxy) is 2. The Morgan fingerprint density at radius 1 is 1.21 bits per heavy atom. The molecule has 0 aliphatic rings. The Hall–Kier alpha value is -3.28. The second-order valence-electron chi connectivity index (χ2n) is 6.66. The molecule has 0 saturated heterocycles. The normalized spacial score (nSPS) is 11.6. The standard InChI is InChI=1S/C22H23N3O6S2/c1-4-25(22-24-16-7-5-6-8-18(16)32-22)20(26)14-31-21(27)12-10-15-9-11-17(30-3)19(13-15)33(28,29)23-2/h5-13,23H,4,14H2,1-3H3/b12-10+. The number of nitrogens with zero attached hydrogens (tertiary/aromatic N) is 2. The lowest BCUT2D eigenvalue weighted by Gasteiger charge is -2.17. The first-order chi connectivity index (χ1) is 15.8. The number of carbonyl (C=O) groups excluding carboxylic acids is 2. The van der Waals surface area contributed by atoms with Crippen LogP contribution in [-0.2, 0) is 24.3 Å². The molecular formula is C22H23N3O6S2. The van der Waals surface area contributed by atoms with Gasteiger partial charge in [-0.3, -0.25) is 9.69 Å². The maximum Gasteiger partial charge on any atom is 0.331 e. The van der Waals surface area contributed by atoms with Crippen molar-refractivity contribution in [2.75, 3.05) is 32.2 Å². The Morgan fingerprint density at radius 3 is 2.64 bits per heavy atom. The third-order valence-corrected chi connectivity index (χ3v) is 7.12. The maximum absolute atomic E-state index is 12.6. The summed E-state index contributed by atoms with van der Waals surface area (Å²) in [4.78, 5) is 30.6. The van der Waals surface area contributed by atoms with Crippen LogP contribution in [0, 0.1) is 0 Å². The smallest absolute Gasteiger partial charge is 0.331 e. The van der Waals surface area contributed by atoms with Crippen LogP contribution in [0.3, 0.4) is 0 Å². The fourth-order valence-electron chi connectivity index (χ4n) is 2.93. The molecule has 0 saturated carbocycles. The molecule has 3 rings (SSSR count). The Kier molecular flexibility index (Phi) is 7.79. The highest BCUT2D eigenvalue weighted by molar-refractivity contribution is 7.89. The number of fused-ring (bicyclic) bond motifs is 1. The average molecular weight is 490 g/mol. The number of hydrogen-bond acceptors (Lipinski definition) is 8. The molecule has 0 unspecified atom stereocenters. The summed E-state index contributed by atoms with van der Waals surface area (Å²) in [5.74, 6) is -0.966. The van der Waals surface area contributed by atoms with Gasteiger partial charge in [0.2, 0.25) is 10.0 Å². The first-order valence-electron chi connectivity index (χ1n) is 9.91. The SMILES string of the molecule is CCN(C(=O)COC(=O)/C=C/c1ccc(OC)c(S(=O)(=O)NC)c1)c1nc2ccccc2s1. The third-order valence-electron chi connectivity index (χ3n) is 4.63. The average Bonchev–Trinajstić information content (AvgIpc) is 3.25. The molecule has 174 valence electrons. The molecule has 0 radical (unpaired) electrons. The van der Waals surface area contributed by atoms with E-state index in [0.717, 1.165) is 16.3 Å². The zero-order valence-corrected chi connectivity index (χ0v) is 19.9. The minimum atomic E-state index is -3.75. The van der Waals surface area contributed by atoms with Gasteiger partial charge in [-0.2, -0.15) is 0 Å². The second kappa shape index (κ2) is 10.6. The summed E-state index contributed by atoms with van der Waals surface area (Å²) in [5, 5.41) is 0.534. The van der Waals surface area contributed by atoms with E-state index in [0.29, 0.717) is 17.2 Å². The molecule has 0 aliphatic carbocycles. The van der Waals surface area contributed by atoms with Gasteiger partial charge in [0.05, 0.1) is 17.3 Å². The van der Waals surface area contributed by atoms with Gasteiger partial charge in [0.1, 0.15) is 10.6 Å². The van der Waals surface area contributed by atoms with Crippen molar-refractivity contribution >= 4 is 54.7 Å². The van der Waals surface area contributed by atoms with Crippen molar-refractivity contribution in [3.8, 4) is 5.75 Å². The molecule has 0 fully saturated rings. The number of aromatic nitrogens is 1. The summed E-state index contributed by atoms with van der Waals surface area (Å²) in [5.41, 5.74) is 1.24. The number of para-hydroxylation sites is 1.